The van der Waals surface area contributed by atoms with Crippen LogP contribution in [0, 0.1) is 5.92 Å². The first-order chi connectivity index (χ1) is 8.04. The standard InChI is InChI=1S/C12H17NO4/c1-8(4-5-14)7-13-12(17)10-3-2-9(15)6-11(10)16/h2-3,6,8,14-16H,4-5,7H2,1H3,(H,13,17). The van der Waals surface area contributed by atoms with Gasteiger partial charge in [0.15, 0.2) is 0 Å². The van der Waals surface area contributed by atoms with Gasteiger partial charge >= 0.3 is 0 Å². The molecule has 5 heteroatoms. The van der Waals surface area contributed by atoms with Crippen LogP contribution in [0.1, 0.15) is 23.7 Å². The van der Waals surface area contributed by atoms with Crippen LogP contribution in [0.3, 0.4) is 0 Å². The number of benzene rings is 1. The van der Waals surface area contributed by atoms with Gasteiger partial charge in [0.2, 0.25) is 0 Å². The lowest BCUT2D eigenvalue weighted by Gasteiger charge is -2.11. The van der Waals surface area contributed by atoms with E-state index in [1.807, 2.05) is 6.92 Å². The summed E-state index contributed by atoms with van der Waals surface area (Å²) in [5.74, 6) is -0.569. The first-order valence-corrected chi connectivity index (χ1v) is 5.45. The summed E-state index contributed by atoms with van der Waals surface area (Å²) in [6.45, 7) is 2.42. The number of aliphatic hydroxyl groups excluding tert-OH is 1. The van der Waals surface area contributed by atoms with E-state index < -0.39 is 5.91 Å². The number of hydrogen-bond donors (Lipinski definition) is 4. The predicted molar refractivity (Wildman–Crippen MR) is 63.0 cm³/mol. The Morgan fingerprint density at radius 3 is 2.71 bits per heavy atom. The van der Waals surface area contributed by atoms with Gasteiger partial charge in [0, 0.05) is 19.2 Å². The van der Waals surface area contributed by atoms with Gasteiger partial charge in [0.1, 0.15) is 11.5 Å². The molecule has 1 unspecified atom stereocenters. The molecule has 1 aromatic rings. The lowest BCUT2D eigenvalue weighted by Crippen LogP contribution is -2.28. The molecule has 0 heterocycles. The van der Waals surface area contributed by atoms with Crippen molar-refractivity contribution in [1.82, 2.24) is 5.32 Å². The number of carbonyl (C=O) groups excluding carboxylic acids is 1. The molecule has 0 aliphatic rings. The van der Waals surface area contributed by atoms with E-state index in [4.69, 9.17) is 10.2 Å². The van der Waals surface area contributed by atoms with Crippen molar-refractivity contribution >= 4 is 5.91 Å². The molecule has 94 valence electrons. The summed E-state index contributed by atoms with van der Waals surface area (Å²) in [5, 5.41) is 29.9. The summed E-state index contributed by atoms with van der Waals surface area (Å²) in [5.41, 5.74) is 0.124. The molecule has 0 radical (unpaired) electrons. The van der Waals surface area contributed by atoms with Gasteiger partial charge < -0.3 is 20.6 Å². The van der Waals surface area contributed by atoms with Crippen molar-refractivity contribution in [2.24, 2.45) is 5.92 Å². The molecule has 5 nitrogen and oxygen atoms in total. The number of phenols is 2. The van der Waals surface area contributed by atoms with E-state index in [-0.39, 0.29) is 29.6 Å². The van der Waals surface area contributed by atoms with Crippen LogP contribution in [-0.4, -0.2) is 34.4 Å². The fourth-order valence-electron chi connectivity index (χ4n) is 1.40. The third kappa shape index (κ3) is 3.96. The SMILES string of the molecule is CC(CCO)CNC(=O)c1ccc(O)cc1O. The number of phenolic OH excluding ortho intramolecular Hbond substituents is 2. The van der Waals surface area contributed by atoms with Crippen molar-refractivity contribution in [2.45, 2.75) is 13.3 Å². The summed E-state index contributed by atoms with van der Waals surface area (Å²) >= 11 is 0. The largest absolute Gasteiger partial charge is 0.508 e. The molecular weight excluding hydrogens is 222 g/mol. The average molecular weight is 239 g/mol. The van der Waals surface area contributed by atoms with Gasteiger partial charge in [-0.2, -0.15) is 0 Å². The van der Waals surface area contributed by atoms with Crippen molar-refractivity contribution < 1.29 is 20.1 Å². The predicted octanol–water partition coefficient (Wildman–Crippen LogP) is 0.846. The van der Waals surface area contributed by atoms with E-state index >= 15 is 0 Å². The van der Waals surface area contributed by atoms with E-state index in [0.717, 1.165) is 6.07 Å². The fraction of sp³-hybridized carbons (Fsp3) is 0.417. The topological polar surface area (TPSA) is 89.8 Å². The molecule has 1 atom stereocenters. The highest BCUT2D eigenvalue weighted by Gasteiger charge is 2.12. The molecule has 1 aromatic carbocycles. The summed E-state index contributed by atoms with van der Waals surface area (Å²) in [4.78, 5) is 11.7. The van der Waals surface area contributed by atoms with E-state index in [1.54, 1.807) is 0 Å². The normalized spacial score (nSPS) is 12.1. The van der Waals surface area contributed by atoms with Crippen molar-refractivity contribution in [3.8, 4) is 11.5 Å². The maximum Gasteiger partial charge on any atom is 0.255 e. The van der Waals surface area contributed by atoms with Gasteiger partial charge in [0.05, 0.1) is 5.56 Å². The van der Waals surface area contributed by atoms with Crippen molar-refractivity contribution in [1.29, 1.82) is 0 Å². The third-order valence-electron chi connectivity index (χ3n) is 2.46. The van der Waals surface area contributed by atoms with Gasteiger partial charge in [-0.15, -0.1) is 0 Å². The molecular formula is C12H17NO4. The zero-order valence-corrected chi connectivity index (χ0v) is 9.68. The zero-order valence-electron chi connectivity index (χ0n) is 9.68. The molecule has 0 fully saturated rings. The lowest BCUT2D eigenvalue weighted by molar-refractivity contribution is 0.0942. The first-order valence-electron chi connectivity index (χ1n) is 5.45. The van der Waals surface area contributed by atoms with Crippen LogP contribution < -0.4 is 5.32 Å². The number of amides is 1. The van der Waals surface area contributed by atoms with Crippen LogP contribution in [0.2, 0.25) is 0 Å². The summed E-state index contributed by atoms with van der Waals surface area (Å²) in [7, 11) is 0. The van der Waals surface area contributed by atoms with Gasteiger partial charge in [-0.05, 0) is 24.5 Å². The highest BCUT2D eigenvalue weighted by atomic mass is 16.3. The van der Waals surface area contributed by atoms with Crippen molar-refractivity contribution in [3.05, 3.63) is 23.8 Å². The van der Waals surface area contributed by atoms with Crippen LogP contribution in [0.4, 0.5) is 0 Å². The summed E-state index contributed by atoms with van der Waals surface area (Å²) < 4.78 is 0. The molecule has 0 saturated carbocycles. The Bertz CT molecular complexity index is 392. The molecule has 0 aromatic heterocycles. The van der Waals surface area contributed by atoms with Gasteiger partial charge in [0.25, 0.3) is 5.91 Å². The van der Waals surface area contributed by atoms with E-state index in [0.29, 0.717) is 13.0 Å². The molecule has 1 amide bonds. The van der Waals surface area contributed by atoms with Crippen molar-refractivity contribution in [3.63, 3.8) is 0 Å². The Labute approximate surface area is 99.7 Å². The zero-order chi connectivity index (χ0) is 12.8. The van der Waals surface area contributed by atoms with E-state index in [1.165, 1.54) is 12.1 Å². The number of nitrogens with one attached hydrogen (secondary N) is 1. The number of carbonyl (C=O) groups is 1. The minimum atomic E-state index is -0.396. The number of rotatable bonds is 5. The van der Waals surface area contributed by atoms with Crippen LogP contribution in [-0.2, 0) is 0 Å². The molecule has 4 N–H and O–H groups in total. The quantitative estimate of drug-likeness (QED) is 0.613. The highest BCUT2D eigenvalue weighted by Crippen LogP contribution is 2.22. The van der Waals surface area contributed by atoms with Gasteiger partial charge in [-0.3, -0.25) is 4.79 Å². The molecule has 0 aliphatic heterocycles. The lowest BCUT2D eigenvalue weighted by atomic mass is 10.1. The Morgan fingerprint density at radius 1 is 1.41 bits per heavy atom. The molecule has 17 heavy (non-hydrogen) atoms. The third-order valence-corrected chi connectivity index (χ3v) is 2.46. The van der Waals surface area contributed by atoms with Crippen LogP contribution in [0.15, 0.2) is 18.2 Å². The van der Waals surface area contributed by atoms with Crippen molar-refractivity contribution in [2.75, 3.05) is 13.2 Å². The summed E-state index contributed by atoms with van der Waals surface area (Å²) in [6, 6.07) is 3.81. The molecule has 1 rings (SSSR count). The Hall–Kier alpha value is -1.75. The highest BCUT2D eigenvalue weighted by molar-refractivity contribution is 5.96. The van der Waals surface area contributed by atoms with Crippen LogP contribution in [0.5, 0.6) is 11.5 Å². The minimum absolute atomic E-state index is 0.0848. The maximum absolute atomic E-state index is 11.7. The number of aromatic hydroxyl groups is 2. The number of aliphatic hydroxyl groups is 1. The monoisotopic (exact) mass is 239 g/mol. The maximum atomic E-state index is 11.7. The smallest absolute Gasteiger partial charge is 0.255 e. The second kappa shape index (κ2) is 6.10. The van der Waals surface area contributed by atoms with E-state index in [9.17, 15) is 9.90 Å². The number of hydrogen-bond acceptors (Lipinski definition) is 4. The Kier molecular flexibility index (Phi) is 4.78. The minimum Gasteiger partial charge on any atom is -0.508 e. The fourth-order valence-corrected chi connectivity index (χ4v) is 1.40. The Balaban J connectivity index is 2.58. The van der Waals surface area contributed by atoms with Gasteiger partial charge in [-0.1, -0.05) is 6.92 Å². The molecule has 0 bridgehead atoms. The second-order valence-corrected chi connectivity index (χ2v) is 4.03. The molecule has 0 aliphatic carbocycles. The Morgan fingerprint density at radius 2 is 2.12 bits per heavy atom. The second-order valence-electron chi connectivity index (χ2n) is 4.03. The average Bonchev–Trinajstić information content (AvgIpc) is 2.26. The summed E-state index contributed by atoms with van der Waals surface area (Å²) in [6.07, 6.45) is 0.613. The molecule has 0 saturated heterocycles. The van der Waals surface area contributed by atoms with Crippen LogP contribution in [0.25, 0.3) is 0 Å². The van der Waals surface area contributed by atoms with Crippen LogP contribution >= 0.6 is 0 Å². The van der Waals surface area contributed by atoms with E-state index in [2.05, 4.69) is 5.32 Å². The van der Waals surface area contributed by atoms with Gasteiger partial charge in [-0.25, -0.2) is 0 Å². The molecule has 0 spiro atoms. The first kappa shape index (κ1) is 13.3.